The highest BCUT2D eigenvalue weighted by atomic mass is 32.2. The van der Waals surface area contributed by atoms with E-state index >= 15 is 0 Å². The summed E-state index contributed by atoms with van der Waals surface area (Å²) < 4.78 is 0.777. The van der Waals surface area contributed by atoms with Crippen molar-refractivity contribution in [3.63, 3.8) is 0 Å². The minimum Gasteiger partial charge on any atom is -0.125 e. The van der Waals surface area contributed by atoms with Gasteiger partial charge in [0.25, 0.3) is 0 Å². The second-order valence-electron chi connectivity index (χ2n) is 3.36. The minimum atomic E-state index is 0.777. The zero-order valence-electron chi connectivity index (χ0n) is 7.88. The molecule has 0 aromatic heterocycles. The SMILES string of the molecule is CC(C)CCCCCSC(=S)S. The van der Waals surface area contributed by atoms with E-state index in [0.29, 0.717) is 0 Å². The molecule has 0 rings (SSSR count). The first-order valence-electron chi connectivity index (χ1n) is 4.48. The molecular weight excluding hydrogens is 204 g/mol. The lowest BCUT2D eigenvalue weighted by Crippen LogP contribution is -1.88. The first-order valence-corrected chi connectivity index (χ1v) is 6.32. The number of thioether (sulfide) groups is 1. The molecule has 0 atom stereocenters. The van der Waals surface area contributed by atoms with E-state index in [9.17, 15) is 0 Å². The maximum absolute atomic E-state index is 4.84. The summed E-state index contributed by atoms with van der Waals surface area (Å²) >= 11 is 10.6. The van der Waals surface area contributed by atoms with Gasteiger partial charge in [0, 0.05) is 0 Å². The summed E-state index contributed by atoms with van der Waals surface area (Å²) in [6.07, 6.45) is 5.33. The lowest BCUT2D eigenvalue weighted by atomic mass is 10.1. The van der Waals surface area contributed by atoms with E-state index in [1.165, 1.54) is 25.7 Å². The van der Waals surface area contributed by atoms with Gasteiger partial charge >= 0.3 is 0 Å². The molecule has 0 aromatic carbocycles. The number of rotatable bonds is 6. The predicted octanol–water partition coefficient (Wildman–Crippen LogP) is 4.15. The molecule has 0 aliphatic carbocycles. The zero-order chi connectivity index (χ0) is 9.40. The fourth-order valence-corrected chi connectivity index (χ4v) is 2.04. The highest BCUT2D eigenvalue weighted by Crippen LogP contribution is 2.13. The minimum absolute atomic E-state index is 0.777. The van der Waals surface area contributed by atoms with Gasteiger partial charge in [-0.05, 0) is 18.1 Å². The van der Waals surface area contributed by atoms with Gasteiger partial charge in [0.05, 0.1) is 0 Å². The first-order chi connectivity index (χ1) is 5.63. The van der Waals surface area contributed by atoms with Crippen molar-refractivity contribution in [1.29, 1.82) is 0 Å². The Morgan fingerprint density at radius 3 is 2.50 bits per heavy atom. The quantitative estimate of drug-likeness (QED) is 0.407. The molecule has 0 amide bonds. The third-order valence-electron chi connectivity index (χ3n) is 1.65. The number of hydrogen-bond donors (Lipinski definition) is 1. The van der Waals surface area contributed by atoms with Crippen molar-refractivity contribution in [3.05, 3.63) is 0 Å². The third-order valence-corrected chi connectivity index (χ3v) is 3.13. The first kappa shape index (κ1) is 12.8. The molecule has 0 aliphatic heterocycles. The fourth-order valence-electron chi connectivity index (χ4n) is 0.991. The van der Waals surface area contributed by atoms with E-state index < -0.39 is 0 Å². The van der Waals surface area contributed by atoms with Gasteiger partial charge in [-0.3, -0.25) is 0 Å². The summed E-state index contributed by atoms with van der Waals surface area (Å²) in [5.41, 5.74) is 0. The van der Waals surface area contributed by atoms with Crippen LogP contribution >= 0.6 is 36.6 Å². The molecule has 0 unspecified atom stereocenters. The van der Waals surface area contributed by atoms with Gasteiger partial charge < -0.3 is 0 Å². The van der Waals surface area contributed by atoms with Crippen LogP contribution in [-0.2, 0) is 0 Å². The predicted molar refractivity (Wildman–Crippen MR) is 67.3 cm³/mol. The summed E-state index contributed by atoms with van der Waals surface area (Å²) in [7, 11) is 0. The Kier molecular flexibility index (Phi) is 8.94. The maximum atomic E-state index is 4.84. The number of thiocarbonyl (C=S) groups is 1. The fraction of sp³-hybridized carbons (Fsp3) is 0.889. The Balaban J connectivity index is 2.96. The smallest absolute Gasteiger partial charge is 0.101 e. The Bertz CT molecular complexity index is 121. The molecule has 0 saturated heterocycles. The van der Waals surface area contributed by atoms with Gasteiger partial charge in [0.15, 0.2) is 0 Å². The Morgan fingerprint density at radius 1 is 1.33 bits per heavy atom. The van der Waals surface area contributed by atoms with Crippen molar-refractivity contribution < 1.29 is 0 Å². The van der Waals surface area contributed by atoms with E-state index in [-0.39, 0.29) is 0 Å². The topological polar surface area (TPSA) is 0 Å². The standard InChI is InChI=1S/C9H18S3/c1-8(2)6-4-3-5-7-12-9(10)11/h8H,3-7H2,1-2H3,(H,10,11). The van der Waals surface area contributed by atoms with Gasteiger partial charge in [0.2, 0.25) is 0 Å². The van der Waals surface area contributed by atoms with Crippen LogP contribution in [0.3, 0.4) is 0 Å². The van der Waals surface area contributed by atoms with Gasteiger partial charge in [-0.25, -0.2) is 0 Å². The molecule has 12 heavy (non-hydrogen) atoms. The molecule has 0 spiro atoms. The zero-order valence-corrected chi connectivity index (χ0v) is 10.4. The van der Waals surface area contributed by atoms with Crippen LogP contribution in [0.5, 0.6) is 0 Å². The highest BCUT2D eigenvalue weighted by Gasteiger charge is 1.95. The molecule has 0 heterocycles. The van der Waals surface area contributed by atoms with Crippen LogP contribution in [0.25, 0.3) is 0 Å². The summed E-state index contributed by atoms with van der Waals surface area (Å²) in [5, 5.41) is 0. The number of hydrogen-bond acceptors (Lipinski definition) is 2. The summed E-state index contributed by atoms with van der Waals surface area (Å²) in [6, 6.07) is 0. The lowest BCUT2D eigenvalue weighted by molar-refractivity contribution is 0.535. The summed E-state index contributed by atoms with van der Waals surface area (Å²) in [4.78, 5) is 0. The second-order valence-corrected chi connectivity index (χ2v) is 6.18. The molecule has 0 radical (unpaired) electrons. The lowest BCUT2D eigenvalue weighted by Gasteiger charge is -2.03. The monoisotopic (exact) mass is 222 g/mol. The van der Waals surface area contributed by atoms with Crippen LogP contribution in [0, 0.1) is 5.92 Å². The average Bonchev–Trinajstić information content (AvgIpc) is 1.95. The number of thiol groups is 1. The van der Waals surface area contributed by atoms with Gasteiger partial charge in [-0.1, -0.05) is 45.3 Å². The van der Waals surface area contributed by atoms with Crippen LogP contribution < -0.4 is 0 Å². The third kappa shape index (κ3) is 10.8. The maximum Gasteiger partial charge on any atom is 0.101 e. The van der Waals surface area contributed by atoms with E-state index in [0.717, 1.165) is 15.2 Å². The molecular formula is C9H18S3. The van der Waals surface area contributed by atoms with Crippen molar-refractivity contribution in [2.75, 3.05) is 5.75 Å². The average molecular weight is 222 g/mol. The van der Waals surface area contributed by atoms with E-state index in [1.807, 2.05) is 0 Å². The molecule has 0 aliphatic rings. The molecule has 0 nitrogen and oxygen atoms in total. The van der Waals surface area contributed by atoms with Crippen molar-refractivity contribution in [3.8, 4) is 0 Å². The molecule has 0 saturated carbocycles. The van der Waals surface area contributed by atoms with Crippen LogP contribution in [0.4, 0.5) is 0 Å². The summed E-state index contributed by atoms with van der Waals surface area (Å²) in [5.74, 6) is 1.99. The molecule has 0 N–H and O–H groups in total. The van der Waals surface area contributed by atoms with Crippen LogP contribution in [-0.4, -0.2) is 9.28 Å². The van der Waals surface area contributed by atoms with Crippen LogP contribution in [0.15, 0.2) is 0 Å². The van der Waals surface area contributed by atoms with Crippen LogP contribution in [0.2, 0.25) is 0 Å². The molecule has 3 heteroatoms. The second kappa shape index (κ2) is 8.39. The summed E-state index contributed by atoms with van der Waals surface area (Å²) in [6.45, 7) is 4.55. The van der Waals surface area contributed by atoms with Gasteiger partial charge in [0.1, 0.15) is 3.53 Å². The number of unbranched alkanes of at least 4 members (excludes halogenated alkanes) is 2. The Morgan fingerprint density at radius 2 is 2.00 bits per heavy atom. The van der Waals surface area contributed by atoms with Crippen molar-refractivity contribution in [2.24, 2.45) is 5.92 Å². The molecule has 72 valence electrons. The molecule has 0 aromatic rings. The van der Waals surface area contributed by atoms with Gasteiger partial charge in [-0.2, -0.15) is 0 Å². The van der Waals surface area contributed by atoms with Crippen molar-refractivity contribution in [2.45, 2.75) is 39.5 Å². The molecule has 0 fully saturated rings. The normalized spacial score (nSPS) is 10.7. The van der Waals surface area contributed by atoms with Gasteiger partial charge in [-0.15, -0.1) is 24.4 Å². The van der Waals surface area contributed by atoms with Crippen LogP contribution in [0.1, 0.15) is 39.5 Å². The Hall–Kier alpha value is 0.790. The Labute approximate surface area is 91.3 Å². The highest BCUT2D eigenvalue weighted by molar-refractivity contribution is 8.41. The molecule has 0 bridgehead atoms. The van der Waals surface area contributed by atoms with E-state index in [4.69, 9.17) is 12.2 Å². The van der Waals surface area contributed by atoms with Crippen molar-refractivity contribution in [1.82, 2.24) is 0 Å². The largest absolute Gasteiger partial charge is 0.125 e. The van der Waals surface area contributed by atoms with E-state index in [1.54, 1.807) is 11.8 Å². The van der Waals surface area contributed by atoms with Crippen molar-refractivity contribution >= 4 is 40.1 Å². The van der Waals surface area contributed by atoms with E-state index in [2.05, 4.69) is 26.5 Å².